The van der Waals surface area contributed by atoms with E-state index in [2.05, 4.69) is 6.92 Å². The van der Waals surface area contributed by atoms with Gasteiger partial charge in [-0.15, -0.1) is 0 Å². The predicted octanol–water partition coefficient (Wildman–Crippen LogP) is 4.27. The molecular weight excluding hydrogens is 258 g/mol. The smallest absolute Gasteiger partial charge is 0.195 e. The topological polar surface area (TPSA) is 43.1 Å². The van der Waals surface area contributed by atoms with Crippen LogP contribution in [0.3, 0.4) is 0 Å². The van der Waals surface area contributed by atoms with E-state index in [0.29, 0.717) is 16.8 Å². The number of hydrogen-bond acceptors (Lipinski definition) is 2. The molecule has 0 aromatic heterocycles. The van der Waals surface area contributed by atoms with E-state index in [1.54, 1.807) is 6.07 Å². The second-order valence-electron chi connectivity index (χ2n) is 5.34. The Balaban J connectivity index is 2.23. The number of carbonyl (C=O) groups excluding carboxylic acids is 1. The zero-order chi connectivity index (χ0) is 15.0. The number of carbonyl (C=O) groups is 1. The molecule has 0 bridgehead atoms. The van der Waals surface area contributed by atoms with Crippen molar-refractivity contribution in [2.75, 3.05) is 5.73 Å². The number of ketones is 1. The van der Waals surface area contributed by atoms with Gasteiger partial charge in [-0.1, -0.05) is 48.5 Å². The lowest BCUT2D eigenvalue weighted by Crippen LogP contribution is -2.07. The van der Waals surface area contributed by atoms with Gasteiger partial charge < -0.3 is 5.73 Å². The molecule has 0 spiro atoms. The number of hydrogen-bond donors (Lipinski definition) is 1. The third-order valence-electron chi connectivity index (χ3n) is 3.96. The summed E-state index contributed by atoms with van der Waals surface area (Å²) in [4.78, 5) is 12.9. The van der Waals surface area contributed by atoms with Crippen molar-refractivity contribution in [2.24, 2.45) is 0 Å². The van der Waals surface area contributed by atoms with Crippen LogP contribution >= 0.6 is 0 Å². The molecule has 0 heterocycles. The average molecular weight is 275 g/mol. The summed E-state index contributed by atoms with van der Waals surface area (Å²) in [5.74, 6) is -0.0209. The molecule has 0 fully saturated rings. The molecule has 21 heavy (non-hydrogen) atoms. The number of rotatable bonds is 2. The van der Waals surface area contributed by atoms with Crippen LogP contribution in [0.15, 0.2) is 54.6 Å². The van der Waals surface area contributed by atoms with Gasteiger partial charge in [0.05, 0.1) is 0 Å². The lowest BCUT2D eigenvalue weighted by Gasteiger charge is -2.11. The fraction of sp³-hybridized carbons (Fsp3) is 0.105. The Morgan fingerprint density at radius 1 is 0.762 bits per heavy atom. The van der Waals surface area contributed by atoms with Crippen LogP contribution in [0.1, 0.15) is 27.0 Å². The number of aryl methyl sites for hydroxylation is 2. The maximum Gasteiger partial charge on any atom is 0.195 e. The van der Waals surface area contributed by atoms with Gasteiger partial charge in [0.25, 0.3) is 0 Å². The largest absolute Gasteiger partial charge is 0.398 e. The van der Waals surface area contributed by atoms with Gasteiger partial charge in [0.2, 0.25) is 0 Å². The van der Waals surface area contributed by atoms with E-state index in [0.717, 1.165) is 16.3 Å². The first-order valence-corrected chi connectivity index (χ1v) is 6.97. The highest BCUT2D eigenvalue weighted by molar-refractivity contribution is 6.19. The quantitative estimate of drug-likeness (QED) is 0.560. The maximum absolute atomic E-state index is 12.9. The zero-order valence-electron chi connectivity index (χ0n) is 12.2. The maximum atomic E-state index is 12.9. The molecule has 0 aliphatic rings. The highest BCUT2D eigenvalue weighted by Crippen LogP contribution is 2.27. The molecule has 0 atom stereocenters. The van der Waals surface area contributed by atoms with Gasteiger partial charge in [-0.2, -0.15) is 0 Å². The fourth-order valence-corrected chi connectivity index (χ4v) is 2.67. The first-order chi connectivity index (χ1) is 10.1. The SMILES string of the molecule is Cc1cccc(C(=O)c2ccc(C)c3ccccc23)c1N. The molecular formula is C19H17NO. The Bertz CT molecular complexity index is 849. The highest BCUT2D eigenvalue weighted by Gasteiger charge is 2.16. The van der Waals surface area contributed by atoms with Gasteiger partial charge in [-0.25, -0.2) is 0 Å². The molecule has 0 unspecified atom stereocenters. The van der Waals surface area contributed by atoms with E-state index >= 15 is 0 Å². The number of benzene rings is 3. The number of nitrogen functional groups attached to an aromatic ring is 1. The van der Waals surface area contributed by atoms with Crippen LogP contribution in [0.25, 0.3) is 10.8 Å². The van der Waals surface area contributed by atoms with Crippen LogP contribution in [0.5, 0.6) is 0 Å². The average Bonchev–Trinajstić information content (AvgIpc) is 2.50. The summed E-state index contributed by atoms with van der Waals surface area (Å²) in [5.41, 5.74) is 10.0. The van der Waals surface area contributed by atoms with Gasteiger partial charge in [0, 0.05) is 16.8 Å². The fourth-order valence-electron chi connectivity index (χ4n) is 2.67. The minimum Gasteiger partial charge on any atom is -0.398 e. The van der Waals surface area contributed by atoms with Crippen LogP contribution in [0.4, 0.5) is 5.69 Å². The summed E-state index contributed by atoms with van der Waals surface area (Å²) in [6.07, 6.45) is 0. The van der Waals surface area contributed by atoms with Crippen LogP contribution in [-0.2, 0) is 0 Å². The minimum absolute atomic E-state index is 0.0209. The Morgan fingerprint density at radius 3 is 2.24 bits per heavy atom. The molecule has 0 aliphatic heterocycles. The molecule has 0 radical (unpaired) electrons. The molecule has 2 heteroatoms. The summed E-state index contributed by atoms with van der Waals surface area (Å²) < 4.78 is 0. The Kier molecular flexibility index (Phi) is 3.22. The Labute approximate surface area is 124 Å². The molecule has 0 aliphatic carbocycles. The standard InChI is InChI=1S/C19H17NO/c1-12-10-11-16(15-8-4-3-7-14(12)15)19(21)17-9-5-6-13(2)18(17)20/h3-11H,20H2,1-2H3. The van der Waals surface area contributed by atoms with Crippen molar-refractivity contribution in [3.05, 3.63) is 76.9 Å². The van der Waals surface area contributed by atoms with Crippen LogP contribution in [0, 0.1) is 13.8 Å². The van der Waals surface area contributed by atoms with Crippen molar-refractivity contribution in [3.63, 3.8) is 0 Å². The number of para-hydroxylation sites is 1. The van der Waals surface area contributed by atoms with Crippen molar-refractivity contribution in [3.8, 4) is 0 Å². The monoisotopic (exact) mass is 275 g/mol. The summed E-state index contributed by atoms with van der Waals surface area (Å²) in [5, 5.41) is 2.08. The van der Waals surface area contributed by atoms with Crippen LogP contribution in [-0.4, -0.2) is 5.78 Å². The van der Waals surface area contributed by atoms with Gasteiger partial charge in [-0.05, 0) is 41.8 Å². The normalized spacial score (nSPS) is 10.8. The lowest BCUT2D eigenvalue weighted by atomic mass is 9.93. The Morgan fingerprint density at radius 2 is 1.48 bits per heavy atom. The third kappa shape index (κ3) is 2.19. The molecule has 0 amide bonds. The molecule has 2 N–H and O–H groups in total. The molecule has 2 nitrogen and oxygen atoms in total. The summed E-state index contributed by atoms with van der Waals surface area (Å²) in [6.45, 7) is 3.97. The Hall–Kier alpha value is -2.61. The minimum atomic E-state index is -0.0209. The van der Waals surface area contributed by atoms with Crippen LogP contribution in [0.2, 0.25) is 0 Å². The molecule has 0 saturated carbocycles. The predicted molar refractivity (Wildman–Crippen MR) is 87.7 cm³/mol. The van der Waals surface area contributed by atoms with E-state index in [9.17, 15) is 4.79 Å². The summed E-state index contributed by atoms with van der Waals surface area (Å²) >= 11 is 0. The van der Waals surface area contributed by atoms with Crippen molar-refractivity contribution in [1.29, 1.82) is 0 Å². The molecule has 0 saturated heterocycles. The van der Waals surface area contributed by atoms with E-state index in [1.807, 2.05) is 55.5 Å². The molecule has 3 rings (SSSR count). The summed E-state index contributed by atoms with van der Waals surface area (Å²) in [6, 6.07) is 17.4. The first kappa shape index (κ1) is 13.4. The summed E-state index contributed by atoms with van der Waals surface area (Å²) in [7, 11) is 0. The lowest BCUT2D eigenvalue weighted by molar-refractivity contribution is 0.104. The third-order valence-corrected chi connectivity index (χ3v) is 3.96. The van der Waals surface area contributed by atoms with E-state index < -0.39 is 0 Å². The van der Waals surface area contributed by atoms with E-state index in [4.69, 9.17) is 5.73 Å². The second-order valence-corrected chi connectivity index (χ2v) is 5.34. The van der Waals surface area contributed by atoms with Gasteiger partial charge in [0.15, 0.2) is 5.78 Å². The molecule has 3 aromatic rings. The van der Waals surface area contributed by atoms with Gasteiger partial charge >= 0.3 is 0 Å². The second kappa shape index (κ2) is 5.06. The molecule has 3 aromatic carbocycles. The first-order valence-electron chi connectivity index (χ1n) is 6.97. The van der Waals surface area contributed by atoms with E-state index in [1.165, 1.54) is 5.56 Å². The number of anilines is 1. The number of fused-ring (bicyclic) bond motifs is 1. The van der Waals surface area contributed by atoms with Crippen molar-refractivity contribution in [2.45, 2.75) is 13.8 Å². The molecule has 104 valence electrons. The highest BCUT2D eigenvalue weighted by atomic mass is 16.1. The van der Waals surface area contributed by atoms with Crippen LogP contribution < -0.4 is 5.73 Å². The zero-order valence-corrected chi connectivity index (χ0v) is 12.2. The van der Waals surface area contributed by atoms with Crippen molar-refractivity contribution in [1.82, 2.24) is 0 Å². The van der Waals surface area contributed by atoms with Gasteiger partial charge in [-0.3, -0.25) is 4.79 Å². The van der Waals surface area contributed by atoms with E-state index in [-0.39, 0.29) is 5.78 Å². The van der Waals surface area contributed by atoms with Crippen molar-refractivity contribution >= 4 is 22.2 Å². The van der Waals surface area contributed by atoms with Crippen molar-refractivity contribution < 1.29 is 4.79 Å². The van der Waals surface area contributed by atoms with Gasteiger partial charge in [0.1, 0.15) is 0 Å². The number of nitrogens with two attached hydrogens (primary N) is 1.